The van der Waals surface area contributed by atoms with Gasteiger partial charge in [0.1, 0.15) is 5.75 Å². The van der Waals surface area contributed by atoms with Crippen molar-refractivity contribution >= 4 is 17.3 Å². The molecule has 0 fully saturated rings. The molecule has 1 aromatic heterocycles. The van der Waals surface area contributed by atoms with Gasteiger partial charge in [0.2, 0.25) is 5.82 Å². The Balaban J connectivity index is 1.68. The van der Waals surface area contributed by atoms with Crippen molar-refractivity contribution in [2.75, 3.05) is 0 Å². The molecule has 0 amide bonds. The van der Waals surface area contributed by atoms with Crippen LogP contribution in [0.25, 0.3) is 11.4 Å². The SMILES string of the molecule is Cc1cc(OCc2nc(-c3ccc(Cl)cc3)no2)ccc1[N+](=O)[O-]. The second-order valence-electron chi connectivity index (χ2n) is 5.01. The molecule has 0 saturated heterocycles. The van der Waals surface area contributed by atoms with Gasteiger partial charge in [0.25, 0.3) is 11.6 Å². The third-order valence-electron chi connectivity index (χ3n) is 3.30. The largest absolute Gasteiger partial charge is 0.484 e. The van der Waals surface area contributed by atoms with Crippen LogP contribution in [0.4, 0.5) is 5.69 Å². The minimum Gasteiger partial charge on any atom is -0.484 e. The maximum Gasteiger partial charge on any atom is 0.272 e. The molecule has 8 heteroatoms. The Morgan fingerprint density at radius 3 is 2.67 bits per heavy atom. The van der Waals surface area contributed by atoms with E-state index < -0.39 is 4.92 Å². The maximum absolute atomic E-state index is 10.8. The summed E-state index contributed by atoms with van der Waals surface area (Å²) in [5, 5.41) is 15.3. The highest BCUT2D eigenvalue weighted by molar-refractivity contribution is 6.30. The van der Waals surface area contributed by atoms with Gasteiger partial charge in [-0.05, 0) is 43.3 Å². The summed E-state index contributed by atoms with van der Waals surface area (Å²) in [5.74, 6) is 1.23. The van der Waals surface area contributed by atoms with Crippen LogP contribution >= 0.6 is 11.6 Å². The van der Waals surface area contributed by atoms with Crippen LogP contribution in [0, 0.1) is 17.0 Å². The standard InChI is InChI=1S/C16H12ClN3O4/c1-10-8-13(6-7-14(10)20(21)22)23-9-15-18-16(19-24-15)11-2-4-12(17)5-3-11/h2-8H,9H2,1H3. The zero-order valence-corrected chi connectivity index (χ0v) is 13.4. The van der Waals surface area contributed by atoms with Gasteiger partial charge in [-0.2, -0.15) is 4.98 Å². The van der Waals surface area contributed by atoms with Crippen molar-refractivity contribution in [2.45, 2.75) is 13.5 Å². The van der Waals surface area contributed by atoms with Gasteiger partial charge in [0.05, 0.1) is 4.92 Å². The molecule has 0 saturated carbocycles. The van der Waals surface area contributed by atoms with Gasteiger partial charge in [0, 0.05) is 22.2 Å². The fourth-order valence-electron chi connectivity index (χ4n) is 2.10. The van der Waals surface area contributed by atoms with Crippen molar-refractivity contribution < 1.29 is 14.2 Å². The third-order valence-corrected chi connectivity index (χ3v) is 3.55. The van der Waals surface area contributed by atoms with E-state index in [0.29, 0.717) is 28.1 Å². The first kappa shape index (κ1) is 15.9. The Morgan fingerprint density at radius 2 is 2.00 bits per heavy atom. The van der Waals surface area contributed by atoms with Gasteiger partial charge in [-0.1, -0.05) is 16.8 Å². The van der Waals surface area contributed by atoms with E-state index in [0.717, 1.165) is 5.56 Å². The molecule has 0 aliphatic rings. The molecule has 122 valence electrons. The predicted octanol–water partition coefficient (Wildman–Crippen LogP) is 4.19. The molecular weight excluding hydrogens is 334 g/mol. The van der Waals surface area contributed by atoms with Gasteiger partial charge in [-0.15, -0.1) is 0 Å². The number of nitro benzene ring substituents is 1. The zero-order valence-electron chi connectivity index (χ0n) is 12.6. The van der Waals surface area contributed by atoms with Crippen LogP contribution < -0.4 is 4.74 Å². The summed E-state index contributed by atoms with van der Waals surface area (Å²) in [6, 6.07) is 11.6. The van der Waals surface area contributed by atoms with E-state index in [1.54, 1.807) is 37.3 Å². The first-order chi connectivity index (χ1) is 11.5. The number of rotatable bonds is 5. The molecule has 1 heterocycles. The number of nitro groups is 1. The summed E-state index contributed by atoms with van der Waals surface area (Å²) in [6.07, 6.45) is 0. The van der Waals surface area contributed by atoms with Gasteiger partial charge in [0.15, 0.2) is 6.61 Å². The lowest BCUT2D eigenvalue weighted by atomic mass is 10.2. The number of nitrogens with zero attached hydrogens (tertiary/aromatic N) is 3. The lowest BCUT2D eigenvalue weighted by Gasteiger charge is -2.04. The zero-order chi connectivity index (χ0) is 17.1. The van der Waals surface area contributed by atoms with E-state index in [1.807, 2.05) is 0 Å². The molecule has 0 aliphatic carbocycles. The Morgan fingerprint density at radius 1 is 1.25 bits per heavy atom. The molecule has 24 heavy (non-hydrogen) atoms. The number of hydrogen-bond acceptors (Lipinski definition) is 6. The molecule has 0 atom stereocenters. The second-order valence-corrected chi connectivity index (χ2v) is 5.45. The molecule has 0 radical (unpaired) electrons. The molecule has 0 spiro atoms. The first-order valence-electron chi connectivity index (χ1n) is 6.99. The molecular formula is C16H12ClN3O4. The Hall–Kier alpha value is -2.93. The fourth-order valence-corrected chi connectivity index (χ4v) is 2.22. The number of halogens is 1. The average Bonchev–Trinajstić information content (AvgIpc) is 3.02. The molecule has 0 N–H and O–H groups in total. The lowest BCUT2D eigenvalue weighted by Crippen LogP contribution is -1.97. The van der Waals surface area contributed by atoms with Crippen molar-refractivity contribution in [1.82, 2.24) is 10.1 Å². The number of ether oxygens (including phenoxy) is 1. The van der Waals surface area contributed by atoms with Crippen LogP contribution in [0.1, 0.15) is 11.5 Å². The van der Waals surface area contributed by atoms with Crippen LogP contribution in [-0.2, 0) is 6.61 Å². The molecule has 0 aliphatic heterocycles. The van der Waals surface area contributed by atoms with Gasteiger partial charge >= 0.3 is 0 Å². The number of aryl methyl sites for hydroxylation is 1. The quantitative estimate of drug-likeness (QED) is 0.508. The van der Waals surface area contributed by atoms with E-state index in [1.165, 1.54) is 12.1 Å². The van der Waals surface area contributed by atoms with Gasteiger partial charge < -0.3 is 9.26 Å². The van der Waals surface area contributed by atoms with Crippen molar-refractivity contribution in [1.29, 1.82) is 0 Å². The molecule has 0 bridgehead atoms. The summed E-state index contributed by atoms with van der Waals surface area (Å²) in [6.45, 7) is 1.72. The summed E-state index contributed by atoms with van der Waals surface area (Å²) in [4.78, 5) is 14.6. The van der Waals surface area contributed by atoms with E-state index in [-0.39, 0.29) is 12.3 Å². The van der Waals surface area contributed by atoms with Crippen LogP contribution in [0.5, 0.6) is 5.75 Å². The second kappa shape index (κ2) is 6.67. The lowest BCUT2D eigenvalue weighted by molar-refractivity contribution is -0.385. The van der Waals surface area contributed by atoms with E-state index in [9.17, 15) is 10.1 Å². The predicted molar refractivity (Wildman–Crippen MR) is 86.9 cm³/mol. The van der Waals surface area contributed by atoms with Crippen molar-refractivity contribution in [3.05, 3.63) is 69.1 Å². The number of aromatic nitrogens is 2. The smallest absolute Gasteiger partial charge is 0.272 e. The highest BCUT2D eigenvalue weighted by Gasteiger charge is 2.12. The summed E-state index contributed by atoms with van der Waals surface area (Å²) >= 11 is 5.84. The van der Waals surface area contributed by atoms with Crippen LogP contribution in [0.2, 0.25) is 5.02 Å². The minimum atomic E-state index is -0.435. The molecule has 3 aromatic rings. The van der Waals surface area contributed by atoms with Crippen molar-refractivity contribution in [3.63, 3.8) is 0 Å². The summed E-state index contributed by atoms with van der Waals surface area (Å²) < 4.78 is 10.7. The molecule has 2 aromatic carbocycles. The van der Waals surface area contributed by atoms with E-state index in [4.69, 9.17) is 20.9 Å². The topological polar surface area (TPSA) is 91.3 Å². The van der Waals surface area contributed by atoms with Gasteiger partial charge in [-0.25, -0.2) is 0 Å². The van der Waals surface area contributed by atoms with Gasteiger partial charge in [-0.3, -0.25) is 10.1 Å². The van der Waals surface area contributed by atoms with E-state index >= 15 is 0 Å². The van der Waals surface area contributed by atoms with Crippen LogP contribution in [-0.4, -0.2) is 15.1 Å². The number of benzene rings is 2. The van der Waals surface area contributed by atoms with Crippen LogP contribution in [0.15, 0.2) is 47.0 Å². The normalized spacial score (nSPS) is 10.6. The highest BCUT2D eigenvalue weighted by Crippen LogP contribution is 2.24. The fraction of sp³-hybridized carbons (Fsp3) is 0.125. The summed E-state index contributed by atoms with van der Waals surface area (Å²) in [5.41, 5.74) is 1.34. The Labute approximate surface area is 142 Å². The first-order valence-corrected chi connectivity index (χ1v) is 7.37. The molecule has 0 unspecified atom stereocenters. The molecule has 3 rings (SSSR count). The minimum absolute atomic E-state index is 0.0464. The van der Waals surface area contributed by atoms with Crippen LogP contribution in [0.3, 0.4) is 0 Å². The summed E-state index contributed by atoms with van der Waals surface area (Å²) in [7, 11) is 0. The number of hydrogen-bond donors (Lipinski definition) is 0. The monoisotopic (exact) mass is 345 g/mol. The van der Waals surface area contributed by atoms with E-state index in [2.05, 4.69) is 10.1 Å². The average molecular weight is 346 g/mol. The molecule has 7 nitrogen and oxygen atoms in total. The van der Waals surface area contributed by atoms with Crippen molar-refractivity contribution in [3.8, 4) is 17.1 Å². The Bertz CT molecular complexity index is 877. The van der Waals surface area contributed by atoms with Crippen molar-refractivity contribution in [2.24, 2.45) is 0 Å². The third kappa shape index (κ3) is 3.52. The maximum atomic E-state index is 10.8. The Kier molecular flexibility index (Phi) is 4.43. The highest BCUT2D eigenvalue weighted by atomic mass is 35.5.